The molecule has 1 atom stereocenters. The van der Waals surface area contributed by atoms with Crippen molar-refractivity contribution in [2.75, 3.05) is 6.61 Å². The smallest absolute Gasteiger partial charge is 0.393 e. The fourth-order valence-electron chi connectivity index (χ4n) is 0.309. The van der Waals surface area contributed by atoms with Crippen LogP contribution in [0.5, 0.6) is 0 Å². The molecule has 0 aromatic heterocycles. The fourth-order valence-corrected chi connectivity index (χ4v) is 0.637. The largest absolute Gasteiger partial charge is 0.397 e. The normalized spacial score (nSPS) is 12.9. The van der Waals surface area contributed by atoms with Gasteiger partial charge in [-0.05, 0) is 19.8 Å². The summed E-state index contributed by atoms with van der Waals surface area (Å²) in [5.74, 6) is 0. The molecule has 2 N–H and O–H groups in total. The van der Waals surface area contributed by atoms with E-state index in [0.29, 0.717) is 6.42 Å². The maximum absolute atomic E-state index is 9.84. The Labute approximate surface area is 86.0 Å². The highest BCUT2D eigenvalue weighted by Gasteiger charge is 2.00. The minimum absolute atomic E-state index is 0.0648. The molecule has 5 nitrogen and oxygen atoms in total. The Kier molecular flexibility index (Phi) is 10.9. The standard InChI is InChI=1S/C4H10O4S.C4H10O/c1-2-3-4-8-9(5,6)7;1-3-4(2)5/h2-4H2,1H3,(H,5,6,7);4-5H,3H2,1-2H3. The summed E-state index contributed by atoms with van der Waals surface area (Å²) in [4.78, 5) is 0. The zero-order valence-electron chi connectivity index (χ0n) is 8.93. The molecule has 0 aliphatic carbocycles. The van der Waals surface area contributed by atoms with Crippen molar-refractivity contribution in [3.05, 3.63) is 0 Å². The van der Waals surface area contributed by atoms with Crippen molar-refractivity contribution in [2.24, 2.45) is 0 Å². The molecule has 0 heterocycles. The summed E-state index contributed by atoms with van der Waals surface area (Å²) < 4.78 is 31.7. The second kappa shape index (κ2) is 9.39. The van der Waals surface area contributed by atoms with E-state index in [4.69, 9.17) is 9.66 Å². The first-order valence-electron chi connectivity index (χ1n) is 4.63. The monoisotopic (exact) mass is 228 g/mol. The Morgan fingerprint density at radius 2 is 1.79 bits per heavy atom. The first-order valence-corrected chi connectivity index (χ1v) is 5.99. The highest BCUT2D eigenvalue weighted by Crippen LogP contribution is 1.91. The van der Waals surface area contributed by atoms with Gasteiger partial charge in [0.2, 0.25) is 0 Å². The van der Waals surface area contributed by atoms with Crippen LogP contribution >= 0.6 is 0 Å². The summed E-state index contributed by atoms with van der Waals surface area (Å²) in [7, 11) is -4.20. The van der Waals surface area contributed by atoms with Crippen LogP contribution in [0.25, 0.3) is 0 Å². The van der Waals surface area contributed by atoms with Crippen LogP contribution < -0.4 is 0 Å². The zero-order chi connectivity index (χ0) is 11.6. The van der Waals surface area contributed by atoms with Crippen molar-refractivity contribution in [1.82, 2.24) is 0 Å². The van der Waals surface area contributed by atoms with Crippen LogP contribution in [-0.2, 0) is 14.6 Å². The van der Waals surface area contributed by atoms with Gasteiger partial charge in [0.1, 0.15) is 0 Å². The molecule has 14 heavy (non-hydrogen) atoms. The van der Waals surface area contributed by atoms with Crippen LogP contribution in [0, 0.1) is 0 Å². The highest BCUT2D eigenvalue weighted by molar-refractivity contribution is 7.80. The van der Waals surface area contributed by atoms with Gasteiger partial charge in [0.25, 0.3) is 0 Å². The molecule has 1 unspecified atom stereocenters. The molecule has 0 rings (SSSR count). The summed E-state index contributed by atoms with van der Waals surface area (Å²) >= 11 is 0. The first kappa shape index (κ1) is 16.3. The van der Waals surface area contributed by atoms with E-state index < -0.39 is 10.4 Å². The zero-order valence-corrected chi connectivity index (χ0v) is 9.75. The van der Waals surface area contributed by atoms with Gasteiger partial charge >= 0.3 is 10.4 Å². The number of hydrogen-bond donors (Lipinski definition) is 2. The maximum atomic E-state index is 9.84. The summed E-state index contributed by atoms with van der Waals surface area (Å²) in [6.07, 6.45) is 2.23. The van der Waals surface area contributed by atoms with E-state index >= 15 is 0 Å². The molecule has 0 amide bonds. The topological polar surface area (TPSA) is 83.8 Å². The van der Waals surface area contributed by atoms with Crippen LogP contribution in [0.4, 0.5) is 0 Å². The fraction of sp³-hybridized carbons (Fsp3) is 1.00. The van der Waals surface area contributed by atoms with Gasteiger partial charge in [0.15, 0.2) is 0 Å². The van der Waals surface area contributed by atoms with Crippen LogP contribution in [0.2, 0.25) is 0 Å². The molecule has 0 bridgehead atoms. The lowest BCUT2D eigenvalue weighted by Crippen LogP contribution is -2.04. The molecule has 0 aromatic carbocycles. The average molecular weight is 228 g/mol. The van der Waals surface area contributed by atoms with Gasteiger partial charge in [0.05, 0.1) is 12.7 Å². The molecule has 88 valence electrons. The molecule has 0 aromatic rings. The van der Waals surface area contributed by atoms with Crippen molar-refractivity contribution < 1.29 is 22.3 Å². The number of aliphatic hydroxyl groups excluding tert-OH is 1. The predicted octanol–water partition coefficient (Wildman–Crippen LogP) is 1.38. The lowest BCUT2D eigenvalue weighted by atomic mass is 10.3. The Morgan fingerprint density at radius 3 is 2.00 bits per heavy atom. The molecule has 0 aliphatic heterocycles. The third-order valence-electron chi connectivity index (χ3n) is 1.32. The Hall–Kier alpha value is -0.170. The molecule has 0 aliphatic rings. The first-order chi connectivity index (χ1) is 6.33. The van der Waals surface area contributed by atoms with Crippen LogP contribution in [-0.4, -0.2) is 30.8 Å². The van der Waals surface area contributed by atoms with Gasteiger partial charge in [-0.15, -0.1) is 0 Å². The molecule has 0 fully saturated rings. The minimum atomic E-state index is -4.20. The van der Waals surface area contributed by atoms with E-state index in [0.717, 1.165) is 12.8 Å². The van der Waals surface area contributed by atoms with E-state index in [1.54, 1.807) is 6.92 Å². The molecule has 0 saturated carbocycles. The van der Waals surface area contributed by atoms with E-state index in [1.165, 1.54) is 0 Å². The van der Waals surface area contributed by atoms with Crippen LogP contribution in [0.1, 0.15) is 40.0 Å². The van der Waals surface area contributed by atoms with E-state index in [2.05, 4.69) is 4.18 Å². The highest BCUT2D eigenvalue weighted by atomic mass is 32.3. The van der Waals surface area contributed by atoms with Crippen molar-refractivity contribution in [3.8, 4) is 0 Å². The molecule has 0 spiro atoms. The lowest BCUT2D eigenvalue weighted by Gasteiger charge is -1.95. The second-order valence-corrected chi connectivity index (χ2v) is 3.95. The Morgan fingerprint density at radius 1 is 1.36 bits per heavy atom. The molecular formula is C8H20O5S. The van der Waals surface area contributed by atoms with E-state index in [9.17, 15) is 8.42 Å². The Balaban J connectivity index is 0. The molecule has 0 radical (unpaired) electrons. The third kappa shape index (κ3) is 22.6. The SMILES string of the molecule is CCC(C)O.CCCCOS(=O)(=O)O. The molecule has 6 heteroatoms. The summed E-state index contributed by atoms with van der Waals surface area (Å²) in [6, 6.07) is 0. The van der Waals surface area contributed by atoms with Gasteiger partial charge in [0, 0.05) is 0 Å². The van der Waals surface area contributed by atoms with Gasteiger partial charge in [-0.1, -0.05) is 20.3 Å². The second-order valence-electron chi connectivity index (χ2n) is 2.86. The lowest BCUT2D eigenvalue weighted by molar-refractivity contribution is 0.191. The van der Waals surface area contributed by atoms with Gasteiger partial charge in [-0.25, -0.2) is 4.18 Å². The number of unbranched alkanes of at least 4 members (excludes halogenated alkanes) is 1. The molecule has 0 saturated heterocycles. The maximum Gasteiger partial charge on any atom is 0.397 e. The summed E-state index contributed by atoms with van der Waals surface area (Å²) in [6.45, 7) is 5.69. The van der Waals surface area contributed by atoms with Gasteiger partial charge < -0.3 is 5.11 Å². The number of hydrogen-bond acceptors (Lipinski definition) is 4. The Bertz CT molecular complexity index is 198. The van der Waals surface area contributed by atoms with Crippen molar-refractivity contribution in [2.45, 2.75) is 46.1 Å². The van der Waals surface area contributed by atoms with Gasteiger partial charge in [-0.2, -0.15) is 8.42 Å². The third-order valence-corrected chi connectivity index (χ3v) is 1.79. The predicted molar refractivity (Wildman–Crippen MR) is 54.4 cm³/mol. The molecular weight excluding hydrogens is 208 g/mol. The number of aliphatic hydroxyl groups is 1. The minimum Gasteiger partial charge on any atom is -0.393 e. The number of rotatable bonds is 5. The average Bonchev–Trinajstić information content (AvgIpc) is 2.04. The van der Waals surface area contributed by atoms with Gasteiger partial charge in [-0.3, -0.25) is 4.55 Å². The van der Waals surface area contributed by atoms with E-state index in [-0.39, 0.29) is 12.7 Å². The summed E-state index contributed by atoms with van der Waals surface area (Å²) in [5.41, 5.74) is 0. The van der Waals surface area contributed by atoms with Crippen molar-refractivity contribution in [1.29, 1.82) is 0 Å². The van der Waals surface area contributed by atoms with Crippen molar-refractivity contribution >= 4 is 10.4 Å². The van der Waals surface area contributed by atoms with Crippen LogP contribution in [0.15, 0.2) is 0 Å². The van der Waals surface area contributed by atoms with Crippen LogP contribution in [0.3, 0.4) is 0 Å². The van der Waals surface area contributed by atoms with E-state index in [1.807, 2.05) is 13.8 Å². The van der Waals surface area contributed by atoms with Crippen molar-refractivity contribution in [3.63, 3.8) is 0 Å². The quantitative estimate of drug-likeness (QED) is 0.548. The summed E-state index contributed by atoms with van der Waals surface area (Å²) in [5, 5.41) is 8.36.